The Morgan fingerprint density at radius 1 is 1.19 bits per heavy atom. The third kappa shape index (κ3) is 4.18. The first-order valence-electron chi connectivity index (χ1n) is 9.99. The average Bonchev–Trinajstić information content (AvgIpc) is 3.62. The van der Waals surface area contributed by atoms with E-state index in [4.69, 9.17) is 15.7 Å². The SMILES string of the molecule is N#Cc1ccc(-c2nc(OCCCN)c(F)c(=O)n2-c2ccc(C3CC3)cc2)cc1F. The van der Waals surface area contributed by atoms with Gasteiger partial charge in [-0.3, -0.25) is 9.36 Å². The van der Waals surface area contributed by atoms with Gasteiger partial charge in [-0.25, -0.2) is 4.39 Å². The number of hydrogen-bond donors (Lipinski definition) is 1. The maximum absolute atomic E-state index is 14.8. The van der Waals surface area contributed by atoms with Gasteiger partial charge in [-0.2, -0.15) is 14.6 Å². The minimum atomic E-state index is -1.14. The first kappa shape index (κ1) is 20.7. The van der Waals surface area contributed by atoms with E-state index in [2.05, 4.69) is 4.98 Å². The molecular weight excluding hydrogens is 402 g/mol. The zero-order valence-corrected chi connectivity index (χ0v) is 16.6. The van der Waals surface area contributed by atoms with E-state index < -0.39 is 23.1 Å². The van der Waals surface area contributed by atoms with E-state index in [0.717, 1.165) is 29.0 Å². The molecule has 2 aromatic carbocycles. The molecule has 1 aliphatic rings. The van der Waals surface area contributed by atoms with Crippen LogP contribution in [-0.4, -0.2) is 22.7 Å². The summed E-state index contributed by atoms with van der Waals surface area (Å²) in [5.41, 5.74) is 6.09. The third-order valence-electron chi connectivity index (χ3n) is 5.13. The monoisotopic (exact) mass is 422 g/mol. The molecule has 3 aromatic rings. The highest BCUT2D eigenvalue weighted by molar-refractivity contribution is 5.61. The van der Waals surface area contributed by atoms with E-state index in [9.17, 15) is 13.6 Å². The number of nitrogens with zero attached hydrogens (tertiary/aromatic N) is 3. The van der Waals surface area contributed by atoms with E-state index in [0.29, 0.717) is 24.6 Å². The van der Waals surface area contributed by atoms with Gasteiger partial charge >= 0.3 is 0 Å². The Hall–Kier alpha value is -3.57. The standard InChI is InChI=1S/C23H20F2N4O2/c24-19-12-16(4-5-17(19)13-27)21-28-22(31-11-1-10-26)20(25)23(30)29(21)18-8-6-15(7-9-18)14-2-3-14/h4-9,12,14H,1-3,10-11,26H2. The molecule has 0 atom stereocenters. The molecule has 0 saturated heterocycles. The fourth-order valence-electron chi connectivity index (χ4n) is 3.32. The minimum absolute atomic E-state index is 0.0108. The maximum atomic E-state index is 14.8. The molecule has 6 nitrogen and oxygen atoms in total. The highest BCUT2D eigenvalue weighted by Gasteiger charge is 2.24. The third-order valence-corrected chi connectivity index (χ3v) is 5.13. The normalized spacial score (nSPS) is 13.1. The maximum Gasteiger partial charge on any atom is 0.298 e. The minimum Gasteiger partial charge on any atom is -0.475 e. The largest absolute Gasteiger partial charge is 0.475 e. The summed E-state index contributed by atoms with van der Waals surface area (Å²) in [5.74, 6) is -1.84. The molecule has 1 aliphatic carbocycles. The van der Waals surface area contributed by atoms with Crippen LogP contribution in [0.3, 0.4) is 0 Å². The van der Waals surface area contributed by atoms with Crippen LogP contribution in [0.5, 0.6) is 5.88 Å². The van der Waals surface area contributed by atoms with Crippen LogP contribution in [0.1, 0.15) is 36.3 Å². The number of aromatic nitrogens is 2. The van der Waals surface area contributed by atoms with Crippen molar-refractivity contribution in [2.45, 2.75) is 25.2 Å². The van der Waals surface area contributed by atoms with Crippen LogP contribution < -0.4 is 16.0 Å². The van der Waals surface area contributed by atoms with Crippen molar-refractivity contribution in [1.29, 1.82) is 5.26 Å². The van der Waals surface area contributed by atoms with Crippen molar-refractivity contribution in [3.05, 3.63) is 75.6 Å². The van der Waals surface area contributed by atoms with E-state index in [-0.39, 0.29) is 23.6 Å². The lowest BCUT2D eigenvalue weighted by atomic mass is 10.1. The Morgan fingerprint density at radius 3 is 2.55 bits per heavy atom. The second kappa shape index (κ2) is 8.66. The molecule has 1 saturated carbocycles. The molecule has 0 spiro atoms. The van der Waals surface area contributed by atoms with Crippen molar-refractivity contribution in [2.75, 3.05) is 13.2 Å². The van der Waals surface area contributed by atoms with Crippen LogP contribution in [-0.2, 0) is 0 Å². The van der Waals surface area contributed by atoms with Crippen LogP contribution in [0.15, 0.2) is 47.3 Å². The van der Waals surface area contributed by atoms with Crippen molar-refractivity contribution in [1.82, 2.24) is 9.55 Å². The molecule has 2 N–H and O–H groups in total. The summed E-state index contributed by atoms with van der Waals surface area (Å²) in [4.78, 5) is 17.1. The molecule has 31 heavy (non-hydrogen) atoms. The zero-order chi connectivity index (χ0) is 22.0. The van der Waals surface area contributed by atoms with Crippen LogP contribution in [0, 0.1) is 23.0 Å². The predicted octanol–water partition coefficient (Wildman–Crippen LogP) is 3.65. The summed E-state index contributed by atoms with van der Waals surface area (Å²) >= 11 is 0. The second-order valence-electron chi connectivity index (χ2n) is 7.36. The summed E-state index contributed by atoms with van der Waals surface area (Å²) in [7, 11) is 0. The summed E-state index contributed by atoms with van der Waals surface area (Å²) < 4.78 is 35.5. The Morgan fingerprint density at radius 2 is 1.94 bits per heavy atom. The molecule has 1 heterocycles. The fraction of sp³-hybridized carbons (Fsp3) is 0.261. The van der Waals surface area contributed by atoms with E-state index in [1.165, 1.54) is 12.1 Å². The molecule has 1 aromatic heterocycles. The number of benzene rings is 2. The van der Waals surface area contributed by atoms with Crippen LogP contribution >= 0.6 is 0 Å². The van der Waals surface area contributed by atoms with Gasteiger partial charge in [0.15, 0.2) is 5.82 Å². The average molecular weight is 422 g/mol. The number of nitriles is 1. The second-order valence-corrected chi connectivity index (χ2v) is 7.36. The van der Waals surface area contributed by atoms with Crippen LogP contribution in [0.2, 0.25) is 0 Å². The van der Waals surface area contributed by atoms with E-state index in [1.54, 1.807) is 18.2 Å². The summed E-state index contributed by atoms with van der Waals surface area (Å²) in [6.45, 7) is 0.418. The van der Waals surface area contributed by atoms with Crippen molar-refractivity contribution >= 4 is 0 Å². The molecule has 0 radical (unpaired) electrons. The van der Waals surface area contributed by atoms with Gasteiger partial charge in [0.2, 0.25) is 0 Å². The fourth-order valence-corrected chi connectivity index (χ4v) is 3.32. The van der Waals surface area contributed by atoms with Crippen molar-refractivity contribution in [2.24, 2.45) is 5.73 Å². The zero-order valence-electron chi connectivity index (χ0n) is 16.6. The molecule has 158 valence electrons. The number of ether oxygens (including phenoxy) is 1. The highest BCUT2D eigenvalue weighted by Crippen LogP contribution is 2.40. The Bertz CT molecular complexity index is 1210. The van der Waals surface area contributed by atoms with Gasteiger partial charge in [0.1, 0.15) is 11.9 Å². The Balaban J connectivity index is 1.87. The lowest BCUT2D eigenvalue weighted by Crippen LogP contribution is -2.26. The van der Waals surface area contributed by atoms with Gasteiger partial charge in [0, 0.05) is 5.56 Å². The van der Waals surface area contributed by atoms with Gasteiger partial charge in [-0.15, -0.1) is 0 Å². The van der Waals surface area contributed by atoms with E-state index >= 15 is 0 Å². The molecule has 4 rings (SSSR count). The predicted molar refractivity (Wildman–Crippen MR) is 111 cm³/mol. The van der Waals surface area contributed by atoms with Gasteiger partial charge in [-0.05, 0) is 67.6 Å². The molecule has 0 amide bonds. The van der Waals surface area contributed by atoms with E-state index in [1.807, 2.05) is 12.1 Å². The Kier molecular flexibility index (Phi) is 5.78. The molecule has 8 heteroatoms. The Labute approximate surface area is 177 Å². The van der Waals surface area contributed by atoms with Crippen LogP contribution in [0.4, 0.5) is 8.78 Å². The quantitative estimate of drug-likeness (QED) is 0.587. The van der Waals surface area contributed by atoms with Gasteiger partial charge < -0.3 is 10.5 Å². The number of nitrogens with two attached hydrogens (primary N) is 1. The number of halogens is 2. The van der Waals surface area contributed by atoms with Gasteiger partial charge in [0.05, 0.1) is 17.9 Å². The van der Waals surface area contributed by atoms with Gasteiger partial charge in [-0.1, -0.05) is 12.1 Å². The van der Waals surface area contributed by atoms with Crippen molar-refractivity contribution < 1.29 is 13.5 Å². The first-order valence-corrected chi connectivity index (χ1v) is 9.99. The summed E-state index contributed by atoms with van der Waals surface area (Å²) in [6.07, 6.45) is 2.70. The molecule has 1 fully saturated rings. The highest BCUT2D eigenvalue weighted by atomic mass is 19.1. The van der Waals surface area contributed by atoms with Crippen molar-refractivity contribution in [3.8, 4) is 29.0 Å². The topological polar surface area (TPSA) is 93.9 Å². The molecule has 0 unspecified atom stereocenters. The molecule has 0 aliphatic heterocycles. The van der Waals surface area contributed by atoms with Crippen molar-refractivity contribution in [3.63, 3.8) is 0 Å². The lowest BCUT2D eigenvalue weighted by molar-refractivity contribution is 0.282. The summed E-state index contributed by atoms with van der Waals surface area (Å²) in [6, 6.07) is 12.8. The van der Waals surface area contributed by atoms with Gasteiger partial charge in [0.25, 0.3) is 17.3 Å². The molecule has 0 bridgehead atoms. The summed E-state index contributed by atoms with van der Waals surface area (Å²) in [5, 5.41) is 8.99. The smallest absolute Gasteiger partial charge is 0.298 e. The number of hydrogen-bond acceptors (Lipinski definition) is 5. The number of rotatable bonds is 7. The first-order chi connectivity index (χ1) is 15.0. The lowest BCUT2D eigenvalue weighted by Gasteiger charge is -2.15. The molecular formula is C23H20F2N4O2. The van der Waals surface area contributed by atoms with Crippen LogP contribution in [0.25, 0.3) is 17.1 Å².